The molecule has 0 radical (unpaired) electrons. The topological polar surface area (TPSA) is 83.0 Å². The molecule has 5 aliphatic rings. The average molecular weight is 656 g/mol. The first kappa shape index (κ1) is 29.8. The molecule has 4 fully saturated rings. The molecule has 5 heterocycles. The second-order valence-electron chi connectivity index (χ2n) is 14.2. The van der Waals surface area contributed by atoms with E-state index in [2.05, 4.69) is 21.1 Å². The van der Waals surface area contributed by atoms with E-state index in [0.717, 1.165) is 45.1 Å². The molecule has 4 aliphatic heterocycles. The Bertz CT molecular complexity index is 2010. The average Bonchev–Trinajstić information content (AvgIpc) is 3.78. The van der Waals surface area contributed by atoms with Gasteiger partial charge in [-0.3, -0.25) is 4.90 Å². The smallest absolute Gasteiger partial charge is 0.319 e. The van der Waals surface area contributed by atoms with Gasteiger partial charge in [-0.15, -0.1) is 6.42 Å². The number of aromatic hydroxyl groups is 1. The molecule has 0 spiro atoms. The first-order chi connectivity index (χ1) is 23.3. The Kier molecular flexibility index (Phi) is 6.92. The Hall–Kier alpha value is -4.27. The number of phenols is 1. The molecule has 3 aromatic carbocycles. The summed E-state index contributed by atoms with van der Waals surface area (Å²) in [6, 6.07) is 7.64. The van der Waals surface area contributed by atoms with E-state index in [1.165, 1.54) is 24.3 Å². The van der Waals surface area contributed by atoms with Gasteiger partial charge in [0.2, 0.25) is 0 Å². The number of benzene rings is 3. The minimum Gasteiger partial charge on any atom is -0.508 e. The molecule has 2 bridgehead atoms. The number of alkyl halides is 1. The van der Waals surface area contributed by atoms with E-state index >= 15 is 4.39 Å². The number of likely N-dealkylation sites (tertiary alicyclic amines) is 1. The van der Waals surface area contributed by atoms with Gasteiger partial charge in [0.1, 0.15) is 35.3 Å². The van der Waals surface area contributed by atoms with Crippen LogP contribution in [0, 0.1) is 29.4 Å². The molecule has 1 saturated carbocycles. The maximum atomic E-state index is 17.1. The molecule has 0 amide bonds. The van der Waals surface area contributed by atoms with Crippen molar-refractivity contribution in [1.29, 1.82) is 0 Å². The molecule has 248 valence electrons. The van der Waals surface area contributed by atoms with E-state index in [1.807, 2.05) is 4.90 Å². The van der Waals surface area contributed by atoms with Crippen molar-refractivity contribution < 1.29 is 27.8 Å². The Balaban J connectivity index is 1.19. The van der Waals surface area contributed by atoms with Gasteiger partial charge < -0.3 is 24.8 Å². The number of aromatic nitrogens is 2. The quantitative estimate of drug-likeness (QED) is 0.192. The van der Waals surface area contributed by atoms with Crippen LogP contribution in [0.25, 0.3) is 32.8 Å². The summed E-state index contributed by atoms with van der Waals surface area (Å²) in [6.45, 7) is 2.65. The Morgan fingerprint density at radius 2 is 1.96 bits per heavy atom. The van der Waals surface area contributed by atoms with Crippen LogP contribution in [0.4, 0.5) is 19.0 Å². The molecular weight excluding hydrogens is 619 g/mol. The first-order valence-electron chi connectivity index (χ1n) is 16.9. The van der Waals surface area contributed by atoms with E-state index in [9.17, 15) is 13.9 Å². The van der Waals surface area contributed by atoms with Crippen molar-refractivity contribution in [3.63, 3.8) is 0 Å². The fourth-order valence-electron chi connectivity index (χ4n) is 8.38. The van der Waals surface area contributed by atoms with Crippen molar-refractivity contribution in [2.75, 3.05) is 37.7 Å². The van der Waals surface area contributed by atoms with Crippen molar-refractivity contribution in [2.24, 2.45) is 5.41 Å². The summed E-state index contributed by atoms with van der Waals surface area (Å²) in [6.07, 6.45) is 11.1. The number of terminal acetylenes is 1. The Morgan fingerprint density at radius 3 is 2.77 bits per heavy atom. The van der Waals surface area contributed by atoms with Gasteiger partial charge in [0.05, 0.1) is 23.6 Å². The number of hydrogen-bond donors (Lipinski definition) is 2. The number of ether oxygens (including phenoxy) is 2. The molecule has 11 heteroatoms. The molecule has 8 nitrogen and oxygen atoms in total. The molecule has 9 rings (SSSR count). The third-order valence-corrected chi connectivity index (χ3v) is 11.1. The van der Waals surface area contributed by atoms with E-state index in [4.69, 9.17) is 20.9 Å². The lowest BCUT2D eigenvalue weighted by molar-refractivity contribution is 0.0209. The number of hydrogen-bond acceptors (Lipinski definition) is 8. The Morgan fingerprint density at radius 1 is 1.08 bits per heavy atom. The van der Waals surface area contributed by atoms with E-state index in [1.54, 1.807) is 6.07 Å². The molecule has 4 aromatic rings. The lowest BCUT2D eigenvalue weighted by Gasteiger charge is -2.40. The molecule has 0 unspecified atom stereocenters. The summed E-state index contributed by atoms with van der Waals surface area (Å²) >= 11 is 0. The predicted octanol–water partition coefficient (Wildman–Crippen LogP) is 6.06. The van der Waals surface area contributed by atoms with E-state index in [-0.39, 0.29) is 57.5 Å². The second-order valence-corrected chi connectivity index (χ2v) is 14.2. The third-order valence-electron chi connectivity index (χ3n) is 11.1. The number of piperazine rings is 1. The van der Waals surface area contributed by atoms with Crippen LogP contribution in [-0.2, 0) is 0 Å². The highest BCUT2D eigenvalue weighted by Gasteiger charge is 2.47. The molecule has 48 heavy (non-hydrogen) atoms. The van der Waals surface area contributed by atoms with Crippen molar-refractivity contribution >= 4 is 27.5 Å². The highest BCUT2D eigenvalue weighted by molar-refractivity contribution is 6.06. The summed E-state index contributed by atoms with van der Waals surface area (Å²) < 4.78 is 59.6. The zero-order valence-corrected chi connectivity index (χ0v) is 26.4. The zero-order valence-electron chi connectivity index (χ0n) is 26.4. The van der Waals surface area contributed by atoms with Gasteiger partial charge >= 0.3 is 6.01 Å². The molecule has 2 N–H and O–H groups in total. The summed E-state index contributed by atoms with van der Waals surface area (Å²) in [5.74, 6) is 1.93. The monoisotopic (exact) mass is 655 g/mol. The molecule has 4 atom stereocenters. The number of nitrogens with zero attached hydrogens (tertiary/aromatic N) is 4. The summed E-state index contributed by atoms with van der Waals surface area (Å²) in [4.78, 5) is 13.7. The van der Waals surface area contributed by atoms with Crippen LogP contribution in [0.2, 0.25) is 0 Å². The van der Waals surface area contributed by atoms with Crippen molar-refractivity contribution in [1.82, 2.24) is 20.2 Å². The normalized spacial score (nSPS) is 25.8. The first-order valence-corrected chi connectivity index (χ1v) is 16.9. The Labute approximate surface area is 276 Å². The lowest BCUT2D eigenvalue weighted by atomic mass is 9.92. The lowest BCUT2D eigenvalue weighted by Crippen LogP contribution is -2.60. The molecular formula is C37H36F3N5O3. The van der Waals surface area contributed by atoms with Crippen molar-refractivity contribution in [2.45, 2.75) is 69.4 Å². The van der Waals surface area contributed by atoms with Gasteiger partial charge in [0, 0.05) is 48.1 Å². The van der Waals surface area contributed by atoms with Crippen LogP contribution in [0.5, 0.6) is 17.5 Å². The van der Waals surface area contributed by atoms with Gasteiger partial charge in [0.15, 0.2) is 12.1 Å². The number of phenolic OH excluding ortho intramolecular Hbond substituents is 1. The minimum atomic E-state index is -0.940. The fourth-order valence-corrected chi connectivity index (χ4v) is 8.38. The minimum absolute atomic E-state index is 0.00822. The molecule has 1 aliphatic carbocycles. The maximum Gasteiger partial charge on any atom is 0.319 e. The zero-order chi connectivity index (χ0) is 32.7. The van der Waals surface area contributed by atoms with Crippen LogP contribution in [0.1, 0.15) is 50.5 Å². The SMILES string of the molecule is C#Cc1c(F)ccc2cc(O)cc(-c3cc4c5c(nc(OCC6(CN7CCCC[C@@H]7F)CC6)nc5c3F)N3C[C@H]5CC[C@H](N5)[C@H]3CO4)c12. The number of piperidine rings is 1. The van der Waals surface area contributed by atoms with Crippen LogP contribution in [0.15, 0.2) is 30.3 Å². The molecule has 3 saturated heterocycles. The number of nitrogens with one attached hydrogen (secondary N) is 1. The van der Waals surface area contributed by atoms with E-state index < -0.39 is 17.9 Å². The number of anilines is 1. The molecule has 1 aromatic heterocycles. The van der Waals surface area contributed by atoms with Gasteiger partial charge in [-0.2, -0.15) is 9.97 Å². The fraction of sp³-hybridized carbons (Fsp3) is 0.459. The third kappa shape index (κ3) is 4.83. The van der Waals surface area contributed by atoms with Crippen LogP contribution < -0.4 is 19.7 Å². The summed E-state index contributed by atoms with van der Waals surface area (Å²) in [5, 5.41) is 15.6. The van der Waals surface area contributed by atoms with E-state index in [0.29, 0.717) is 60.5 Å². The summed E-state index contributed by atoms with van der Waals surface area (Å²) in [5.41, 5.74) is 0.0678. The summed E-state index contributed by atoms with van der Waals surface area (Å²) in [7, 11) is 0. The standard InChI is InChI=1S/C37H36F3N5O3/c1-2-23-26(38)8-6-20-13-22(46)14-24(31(20)23)25-15-29-32-34(33(25)40)42-36(48-19-37(10-11-37)18-44-12-4-3-5-30(44)39)43-35(32)45-16-21-7-9-27(41-21)28(45)17-47-29/h1,6,8,13-15,21,27-28,30,41,46H,3-5,7,9-12,16-19H2/t21-,27+,28-,30-/m1/s1. The van der Waals surface area contributed by atoms with Gasteiger partial charge in [-0.05, 0) is 80.2 Å². The number of rotatable bonds is 6. The van der Waals surface area contributed by atoms with Gasteiger partial charge in [0.25, 0.3) is 0 Å². The van der Waals surface area contributed by atoms with Crippen LogP contribution >= 0.6 is 0 Å². The highest BCUT2D eigenvalue weighted by Crippen LogP contribution is 2.49. The van der Waals surface area contributed by atoms with Crippen molar-refractivity contribution in [3.8, 4) is 41.0 Å². The van der Waals surface area contributed by atoms with Gasteiger partial charge in [-0.25, -0.2) is 13.2 Å². The van der Waals surface area contributed by atoms with Crippen LogP contribution in [-0.4, -0.2) is 77.2 Å². The second kappa shape index (κ2) is 11.1. The largest absolute Gasteiger partial charge is 0.508 e. The number of halogens is 3. The van der Waals surface area contributed by atoms with Gasteiger partial charge in [-0.1, -0.05) is 12.0 Å². The predicted molar refractivity (Wildman–Crippen MR) is 176 cm³/mol. The van der Waals surface area contributed by atoms with Crippen LogP contribution in [0.3, 0.4) is 0 Å². The van der Waals surface area contributed by atoms with Crippen molar-refractivity contribution in [3.05, 3.63) is 47.5 Å². The highest BCUT2D eigenvalue weighted by atomic mass is 19.1. The number of fused-ring (bicyclic) bond motifs is 6. The maximum absolute atomic E-state index is 17.1.